The number of nitro groups is 1. The minimum atomic E-state index is -3.03. The molecule has 0 unspecified atom stereocenters. The van der Waals surface area contributed by atoms with Crippen molar-refractivity contribution >= 4 is 24.2 Å². The van der Waals surface area contributed by atoms with Gasteiger partial charge in [-0.3, -0.25) is 10.1 Å². The average Bonchev–Trinajstić information content (AvgIpc) is 2.97. The first-order valence-electron chi connectivity index (χ1n) is 9.03. The molecule has 0 fully saturated rings. The number of furan rings is 1. The lowest BCUT2D eigenvalue weighted by atomic mass is 10.4. The largest absolute Gasteiger partial charge is 0.464 e. The van der Waals surface area contributed by atoms with Gasteiger partial charge in [-0.25, -0.2) is 0 Å². The van der Waals surface area contributed by atoms with E-state index in [1.165, 1.54) is 11.8 Å². The molecule has 0 aliphatic rings. The summed E-state index contributed by atoms with van der Waals surface area (Å²) in [5, 5.41) is 11.1. The van der Waals surface area contributed by atoms with Crippen molar-refractivity contribution in [3.8, 4) is 0 Å². The van der Waals surface area contributed by atoms with Gasteiger partial charge in [-0.05, 0) is 26.2 Å². The van der Waals surface area contributed by atoms with Crippen LogP contribution < -0.4 is 10.6 Å². The van der Waals surface area contributed by atoms with E-state index in [4.69, 9.17) is 12.7 Å². The normalized spacial score (nSPS) is 16.1. The van der Waals surface area contributed by atoms with E-state index in [1.54, 1.807) is 0 Å². The maximum absolute atomic E-state index is 10.8. The van der Waals surface area contributed by atoms with Crippen molar-refractivity contribution < 1.29 is 17.6 Å². The monoisotopic (exact) mass is 356 g/mol. The van der Waals surface area contributed by atoms with Gasteiger partial charge in [0.05, 0.1) is 17.2 Å². The molecule has 0 saturated carbocycles. The minimum Gasteiger partial charge on any atom is -0.464 e. The second-order valence-corrected chi connectivity index (χ2v) is 5.45. The van der Waals surface area contributed by atoms with Gasteiger partial charge in [0, 0.05) is 23.4 Å². The molecular formula is C13H23ClN4O3S. The van der Waals surface area contributed by atoms with Crippen molar-refractivity contribution in [1.82, 2.24) is 15.5 Å². The first kappa shape index (κ1) is 12.1. The van der Waals surface area contributed by atoms with Gasteiger partial charge in [-0.2, -0.15) is 11.8 Å². The van der Waals surface area contributed by atoms with Crippen molar-refractivity contribution in [1.29, 1.82) is 0 Å². The SMILES string of the molecule is Cl.[2H]/C(=C(\N([2H])CCSCc1ccc(CN(C)C)o1)N([2H])C([2H])([2H])[2H])[N+](=O)[O-]. The molecule has 1 rings (SSSR count). The molecule has 2 N–H and O–H groups in total. The van der Waals surface area contributed by atoms with Crippen molar-refractivity contribution in [2.24, 2.45) is 0 Å². The number of thioether (sulfide) groups is 1. The smallest absolute Gasteiger partial charge is 0.274 e. The molecular weight excluding hydrogens is 328 g/mol. The Morgan fingerprint density at radius 3 is 3.00 bits per heavy atom. The maximum atomic E-state index is 10.8. The number of nitrogens with zero attached hydrogens (tertiary/aromatic N) is 2. The molecule has 0 aliphatic heterocycles. The fourth-order valence-corrected chi connectivity index (χ4v) is 2.18. The van der Waals surface area contributed by atoms with Crippen LogP contribution in [0.25, 0.3) is 0 Å². The topological polar surface area (TPSA) is 83.6 Å². The molecule has 126 valence electrons. The van der Waals surface area contributed by atoms with Gasteiger partial charge in [-0.1, -0.05) is 0 Å². The van der Waals surface area contributed by atoms with Crippen LogP contribution in [-0.2, 0) is 12.3 Å². The molecule has 0 aromatic carbocycles. The van der Waals surface area contributed by atoms with E-state index < -0.39 is 23.9 Å². The van der Waals surface area contributed by atoms with E-state index in [1.807, 2.05) is 31.1 Å². The predicted molar refractivity (Wildman–Crippen MR) is 91.6 cm³/mol. The van der Waals surface area contributed by atoms with Crippen LogP contribution in [0.1, 0.15) is 17.0 Å². The Morgan fingerprint density at radius 2 is 2.36 bits per heavy atom. The highest BCUT2D eigenvalue weighted by molar-refractivity contribution is 7.98. The first-order valence-corrected chi connectivity index (χ1v) is 7.29. The van der Waals surface area contributed by atoms with Crippen molar-refractivity contribution in [3.63, 3.8) is 0 Å². The zero-order valence-corrected chi connectivity index (χ0v) is 13.9. The first-order chi connectivity index (χ1) is 12.4. The number of rotatable bonds is 10. The van der Waals surface area contributed by atoms with Crippen LogP contribution in [0.5, 0.6) is 0 Å². The second kappa shape index (κ2) is 11.2. The maximum Gasteiger partial charge on any atom is 0.274 e. The summed E-state index contributed by atoms with van der Waals surface area (Å²) in [7, 11) is 3.84. The van der Waals surface area contributed by atoms with Gasteiger partial charge in [-0.15, -0.1) is 12.4 Å². The van der Waals surface area contributed by atoms with E-state index in [0.717, 1.165) is 11.5 Å². The third-order valence-corrected chi connectivity index (χ3v) is 3.19. The molecule has 0 aliphatic carbocycles. The zero-order chi connectivity index (χ0) is 20.8. The Bertz CT molecular complexity index is 673. The van der Waals surface area contributed by atoms with Crippen LogP contribution in [0, 0.1) is 10.1 Å². The molecule has 1 aromatic heterocycles. The average molecular weight is 357 g/mol. The standard InChI is InChI=1S/C13H22N4O3S.ClH/c1-14-13(9-17(18)19)15-6-7-21-10-12-5-4-11(20-12)8-16(2)3;/h4-5,9,14-15H,6-8,10H2,1-3H3;1H/b13-9+;/i1D3,9D;/hD2. The van der Waals surface area contributed by atoms with Crippen molar-refractivity contribution in [2.45, 2.75) is 12.3 Å². The Labute approximate surface area is 149 Å². The molecule has 0 bridgehead atoms. The lowest BCUT2D eigenvalue weighted by Crippen LogP contribution is -2.26. The number of hydrogen-bond donors (Lipinski definition) is 2. The summed E-state index contributed by atoms with van der Waals surface area (Å²) < 4.78 is 49.9. The highest BCUT2D eigenvalue weighted by Crippen LogP contribution is 2.15. The summed E-state index contributed by atoms with van der Waals surface area (Å²) in [5.41, 5.74) is 0. The molecule has 0 radical (unpaired) electrons. The van der Waals surface area contributed by atoms with Crippen LogP contribution in [0.3, 0.4) is 0 Å². The molecule has 0 amide bonds. The molecule has 22 heavy (non-hydrogen) atoms. The highest BCUT2D eigenvalue weighted by atomic mass is 35.5. The molecule has 7 nitrogen and oxygen atoms in total. The van der Waals surface area contributed by atoms with E-state index in [9.17, 15) is 10.1 Å². The fourth-order valence-electron chi connectivity index (χ4n) is 1.46. The third-order valence-electron chi connectivity index (χ3n) is 2.23. The molecule has 0 spiro atoms. The van der Waals surface area contributed by atoms with E-state index in [2.05, 4.69) is 0 Å². The zero-order valence-electron chi connectivity index (χ0n) is 18.3. The second-order valence-electron chi connectivity index (χ2n) is 4.34. The van der Waals surface area contributed by atoms with Gasteiger partial charge in [0.2, 0.25) is 0 Å². The lowest BCUT2D eigenvalue weighted by molar-refractivity contribution is -0.404. The van der Waals surface area contributed by atoms with Gasteiger partial charge in [0.15, 0.2) is 10.0 Å². The summed E-state index contributed by atoms with van der Waals surface area (Å²) in [6.07, 6.45) is -1.32. The van der Waals surface area contributed by atoms with Gasteiger partial charge < -0.3 is 19.9 Å². The van der Waals surface area contributed by atoms with Crippen LogP contribution in [0.2, 0.25) is 2.82 Å². The summed E-state index contributed by atoms with van der Waals surface area (Å²) in [4.78, 5) is 11.6. The molecule has 0 atom stereocenters. The van der Waals surface area contributed by atoms with Crippen molar-refractivity contribution in [3.05, 3.63) is 45.8 Å². The predicted octanol–water partition coefficient (Wildman–Crippen LogP) is 1.88. The van der Waals surface area contributed by atoms with Gasteiger partial charge in [0.25, 0.3) is 6.18 Å². The lowest BCUT2D eigenvalue weighted by Gasteiger charge is -2.07. The minimum absolute atomic E-state index is 0. The molecule has 1 aromatic rings. The molecule has 1 heterocycles. The Morgan fingerprint density at radius 1 is 1.64 bits per heavy atom. The number of halogens is 1. The van der Waals surface area contributed by atoms with Gasteiger partial charge >= 0.3 is 0 Å². The van der Waals surface area contributed by atoms with Gasteiger partial charge in [0.1, 0.15) is 11.5 Å². The summed E-state index contributed by atoms with van der Waals surface area (Å²) in [6, 6.07) is 3.70. The Hall–Kier alpha value is -1.38. The quantitative estimate of drug-likeness (QED) is 0.376. The number of hydrogen-bond acceptors (Lipinski definition) is 7. The van der Waals surface area contributed by atoms with Crippen molar-refractivity contribution in [2.75, 3.05) is 33.4 Å². The van der Waals surface area contributed by atoms with Crippen LogP contribution >= 0.6 is 24.2 Å². The third kappa shape index (κ3) is 8.81. The summed E-state index contributed by atoms with van der Waals surface area (Å²) in [6.45, 7) is -2.46. The highest BCUT2D eigenvalue weighted by Gasteiger charge is 2.04. The summed E-state index contributed by atoms with van der Waals surface area (Å²) in [5.74, 6) is 1.46. The molecule has 9 heteroatoms. The number of nitrogens with one attached hydrogen (secondary N) is 2. The van der Waals surface area contributed by atoms with E-state index >= 15 is 0 Å². The molecule has 0 saturated heterocycles. The summed E-state index contributed by atoms with van der Waals surface area (Å²) >= 11 is 1.38. The Balaban J connectivity index is 0.00000729. The Kier molecular flexibility index (Phi) is 6.17. The van der Waals surface area contributed by atoms with E-state index in [-0.39, 0.29) is 24.3 Å². The van der Waals surface area contributed by atoms with Crippen LogP contribution in [0.15, 0.2) is 28.5 Å². The van der Waals surface area contributed by atoms with Crippen LogP contribution in [-0.4, -0.2) is 43.2 Å². The van der Waals surface area contributed by atoms with E-state index in [0.29, 0.717) is 23.4 Å². The fraction of sp³-hybridized carbons (Fsp3) is 0.538. The van der Waals surface area contributed by atoms with Crippen LogP contribution in [0.4, 0.5) is 0 Å².